The fourth-order valence-electron chi connectivity index (χ4n) is 2.25. The zero-order chi connectivity index (χ0) is 11.0. The van der Waals surface area contributed by atoms with Crippen LogP contribution >= 0.6 is 11.6 Å². The number of halogens is 1. The Kier molecular flexibility index (Phi) is 2.89. The number of hydrogen-bond acceptors (Lipinski definition) is 2. The molecule has 1 aliphatic heterocycles. The van der Waals surface area contributed by atoms with Crippen LogP contribution in [0.15, 0.2) is 18.2 Å². The average molecular weight is 226 g/mol. The molecule has 0 saturated carbocycles. The quantitative estimate of drug-likeness (QED) is 0.795. The lowest BCUT2D eigenvalue weighted by molar-refractivity contribution is 0.183. The molecule has 1 aromatic rings. The van der Waals surface area contributed by atoms with E-state index >= 15 is 0 Å². The maximum Gasteiger partial charge on any atom is 0.127 e. The molecular formula is C12H16ClNO. The standard InChI is InChI=1S/C12H16ClNO/c1-8-5-10(13)7-11(6-8)14-9(2)3-4-12(14)15/h5-7,9,12,15H,3-4H2,1-2H3/t9-,12?/m0/s1. The minimum Gasteiger partial charge on any atom is -0.374 e. The van der Waals surface area contributed by atoms with Crippen molar-refractivity contribution in [2.24, 2.45) is 0 Å². The van der Waals surface area contributed by atoms with Crippen LogP contribution in [0.5, 0.6) is 0 Å². The van der Waals surface area contributed by atoms with E-state index < -0.39 is 0 Å². The molecule has 2 nitrogen and oxygen atoms in total. The number of nitrogens with zero attached hydrogens (tertiary/aromatic N) is 1. The third-order valence-electron chi connectivity index (χ3n) is 2.96. The number of aryl methyl sites for hydroxylation is 1. The Balaban J connectivity index is 2.35. The van der Waals surface area contributed by atoms with Gasteiger partial charge < -0.3 is 10.0 Å². The normalized spacial score (nSPS) is 26.0. The molecule has 1 aliphatic rings. The van der Waals surface area contributed by atoms with Crippen LogP contribution in [0.2, 0.25) is 5.02 Å². The van der Waals surface area contributed by atoms with Gasteiger partial charge in [0.1, 0.15) is 6.23 Å². The van der Waals surface area contributed by atoms with Gasteiger partial charge in [0, 0.05) is 16.8 Å². The van der Waals surface area contributed by atoms with Gasteiger partial charge in [0.2, 0.25) is 0 Å². The molecule has 3 heteroatoms. The SMILES string of the molecule is Cc1cc(Cl)cc(N2C(O)CC[C@@H]2C)c1. The minimum atomic E-state index is -0.363. The lowest BCUT2D eigenvalue weighted by atomic mass is 10.2. The Hall–Kier alpha value is -0.730. The third kappa shape index (κ3) is 2.11. The molecule has 2 rings (SSSR count). The van der Waals surface area contributed by atoms with Crippen LogP contribution in [0.1, 0.15) is 25.3 Å². The van der Waals surface area contributed by atoms with E-state index in [-0.39, 0.29) is 6.23 Å². The Morgan fingerprint density at radius 1 is 1.33 bits per heavy atom. The average Bonchev–Trinajstić information content (AvgIpc) is 2.44. The molecule has 1 heterocycles. The maximum atomic E-state index is 9.88. The van der Waals surface area contributed by atoms with E-state index in [1.807, 2.05) is 24.0 Å². The van der Waals surface area contributed by atoms with Gasteiger partial charge in [0.05, 0.1) is 0 Å². The fourth-order valence-corrected chi connectivity index (χ4v) is 2.54. The van der Waals surface area contributed by atoms with Gasteiger partial charge in [-0.3, -0.25) is 0 Å². The van der Waals surface area contributed by atoms with Crippen molar-refractivity contribution in [2.75, 3.05) is 4.90 Å². The minimum absolute atomic E-state index is 0.363. The summed E-state index contributed by atoms with van der Waals surface area (Å²) in [5, 5.41) is 10.6. The second kappa shape index (κ2) is 4.03. The van der Waals surface area contributed by atoms with Gasteiger partial charge in [-0.15, -0.1) is 0 Å². The lowest BCUT2D eigenvalue weighted by Crippen LogP contribution is -2.34. The molecular weight excluding hydrogens is 210 g/mol. The van der Waals surface area contributed by atoms with Gasteiger partial charge in [0.25, 0.3) is 0 Å². The highest BCUT2D eigenvalue weighted by Crippen LogP contribution is 2.31. The van der Waals surface area contributed by atoms with Gasteiger partial charge in [-0.2, -0.15) is 0 Å². The molecule has 1 N–H and O–H groups in total. The molecule has 0 bridgehead atoms. The van der Waals surface area contributed by atoms with Crippen LogP contribution in [0, 0.1) is 6.92 Å². The molecule has 82 valence electrons. The van der Waals surface area contributed by atoms with E-state index in [4.69, 9.17) is 11.6 Å². The van der Waals surface area contributed by atoms with Crippen LogP contribution in [0.3, 0.4) is 0 Å². The summed E-state index contributed by atoms with van der Waals surface area (Å²) >= 11 is 6.02. The lowest BCUT2D eigenvalue weighted by Gasteiger charge is -2.28. The number of anilines is 1. The first-order chi connectivity index (χ1) is 7.08. The van der Waals surface area contributed by atoms with Crippen LogP contribution in [-0.2, 0) is 0 Å². The molecule has 1 fully saturated rings. The molecule has 0 spiro atoms. The first-order valence-electron chi connectivity index (χ1n) is 5.31. The van der Waals surface area contributed by atoms with Crippen molar-refractivity contribution in [3.63, 3.8) is 0 Å². The topological polar surface area (TPSA) is 23.5 Å². The van der Waals surface area contributed by atoms with Crippen molar-refractivity contribution in [3.8, 4) is 0 Å². The largest absolute Gasteiger partial charge is 0.374 e. The van der Waals surface area contributed by atoms with Crippen molar-refractivity contribution in [1.82, 2.24) is 0 Å². The predicted octanol–water partition coefficient (Wildman–Crippen LogP) is 2.96. The molecule has 15 heavy (non-hydrogen) atoms. The number of rotatable bonds is 1. The van der Waals surface area contributed by atoms with Crippen molar-refractivity contribution < 1.29 is 5.11 Å². The Bertz CT molecular complexity index is 336. The highest BCUT2D eigenvalue weighted by Gasteiger charge is 2.29. The molecule has 1 unspecified atom stereocenters. The van der Waals surface area contributed by atoms with Crippen molar-refractivity contribution in [1.29, 1.82) is 0 Å². The van der Waals surface area contributed by atoms with E-state index in [9.17, 15) is 5.11 Å². The van der Waals surface area contributed by atoms with Gasteiger partial charge >= 0.3 is 0 Å². The molecule has 2 atom stereocenters. The Labute approximate surface area is 95.5 Å². The molecule has 0 radical (unpaired) electrons. The van der Waals surface area contributed by atoms with Crippen LogP contribution in [-0.4, -0.2) is 17.4 Å². The van der Waals surface area contributed by atoms with Crippen LogP contribution < -0.4 is 4.90 Å². The summed E-state index contributed by atoms with van der Waals surface area (Å²) in [6.07, 6.45) is 1.51. The van der Waals surface area contributed by atoms with Gasteiger partial charge in [-0.25, -0.2) is 0 Å². The maximum absolute atomic E-state index is 9.88. The summed E-state index contributed by atoms with van der Waals surface area (Å²) < 4.78 is 0. The Morgan fingerprint density at radius 3 is 2.60 bits per heavy atom. The van der Waals surface area contributed by atoms with Gasteiger partial charge in [-0.1, -0.05) is 11.6 Å². The number of aliphatic hydroxyl groups is 1. The van der Waals surface area contributed by atoms with Gasteiger partial charge in [0.15, 0.2) is 0 Å². The molecule has 1 aromatic carbocycles. The summed E-state index contributed by atoms with van der Waals surface area (Å²) in [5.74, 6) is 0. The van der Waals surface area contributed by atoms with Crippen molar-refractivity contribution >= 4 is 17.3 Å². The summed E-state index contributed by atoms with van der Waals surface area (Å²) in [6, 6.07) is 6.30. The van der Waals surface area contributed by atoms with E-state index in [0.29, 0.717) is 6.04 Å². The second-order valence-electron chi connectivity index (χ2n) is 4.30. The molecule has 0 aromatic heterocycles. The third-order valence-corrected chi connectivity index (χ3v) is 3.18. The summed E-state index contributed by atoms with van der Waals surface area (Å²) in [4.78, 5) is 2.04. The smallest absolute Gasteiger partial charge is 0.127 e. The first kappa shape index (κ1) is 10.8. The number of hydrogen-bond donors (Lipinski definition) is 1. The van der Waals surface area contributed by atoms with E-state index in [0.717, 1.165) is 29.1 Å². The first-order valence-corrected chi connectivity index (χ1v) is 5.69. The number of aliphatic hydroxyl groups excluding tert-OH is 1. The van der Waals surface area contributed by atoms with E-state index in [1.54, 1.807) is 0 Å². The number of benzene rings is 1. The fraction of sp³-hybridized carbons (Fsp3) is 0.500. The predicted molar refractivity (Wildman–Crippen MR) is 63.4 cm³/mol. The van der Waals surface area contributed by atoms with E-state index in [1.165, 1.54) is 0 Å². The summed E-state index contributed by atoms with van der Waals surface area (Å²) in [5.41, 5.74) is 2.15. The van der Waals surface area contributed by atoms with Crippen LogP contribution in [0.4, 0.5) is 5.69 Å². The zero-order valence-corrected chi connectivity index (χ0v) is 9.83. The van der Waals surface area contributed by atoms with E-state index in [2.05, 4.69) is 13.0 Å². The summed E-state index contributed by atoms with van der Waals surface area (Å²) in [6.45, 7) is 4.15. The zero-order valence-electron chi connectivity index (χ0n) is 9.07. The molecule has 0 aliphatic carbocycles. The Morgan fingerprint density at radius 2 is 2.07 bits per heavy atom. The highest BCUT2D eigenvalue weighted by molar-refractivity contribution is 6.30. The van der Waals surface area contributed by atoms with Crippen LogP contribution in [0.25, 0.3) is 0 Å². The highest BCUT2D eigenvalue weighted by atomic mass is 35.5. The monoisotopic (exact) mass is 225 g/mol. The summed E-state index contributed by atoms with van der Waals surface area (Å²) in [7, 11) is 0. The van der Waals surface area contributed by atoms with Crippen molar-refractivity contribution in [2.45, 2.75) is 39.0 Å². The second-order valence-corrected chi connectivity index (χ2v) is 4.74. The molecule has 0 amide bonds. The van der Waals surface area contributed by atoms with Crippen molar-refractivity contribution in [3.05, 3.63) is 28.8 Å². The molecule has 1 saturated heterocycles. The van der Waals surface area contributed by atoms with Gasteiger partial charge in [-0.05, 0) is 50.5 Å².